The van der Waals surface area contributed by atoms with Crippen LogP contribution < -0.4 is 10.2 Å². The van der Waals surface area contributed by atoms with Crippen molar-refractivity contribution in [2.75, 3.05) is 40.9 Å². The molecule has 0 rings (SSSR count). The third-order valence-electron chi connectivity index (χ3n) is 13.3. The lowest BCUT2D eigenvalue weighted by Gasteiger charge is -2.30. The van der Waals surface area contributed by atoms with Gasteiger partial charge in [-0.25, -0.2) is 0 Å². The third-order valence-corrected chi connectivity index (χ3v) is 14.2. The molecule has 71 heavy (non-hydrogen) atoms. The van der Waals surface area contributed by atoms with Crippen molar-refractivity contribution in [1.29, 1.82) is 0 Å². The van der Waals surface area contributed by atoms with Crippen LogP contribution in [-0.4, -0.2) is 69.4 Å². The maximum atomic E-state index is 13.5. The summed E-state index contributed by atoms with van der Waals surface area (Å²) in [7, 11) is 1.18. The molecule has 0 saturated carbocycles. The molecule has 9 nitrogen and oxygen atoms in total. The molecule has 0 spiro atoms. The molecule has 0 heterocycles. The standard InChI is InChI=1S/C61H115N2O7P/c1-7-10-13-16-19-22-25-28-30-31-32-33-34-35-38-41-44-47-50-53-60(64)62-58(57-69-71(66,67)68-56-55-63(4,5)6)59(52-49-46-43-40-37-27-24-21-18-15-12-9-3)70-61(65)54-51-48-45-42-39-36-29-26-23-20-17-14-11-8-2/h11,14,20,23,29,36,49,52,58-59H,7-10,12-13,15-19,21-22,24-28,30-35,37-48,50-51,53-57H2,1-6H3,(H-,62,64,66,67)/b14-11+,23-20+,36-29+,52-49+. The second kappa shape index (κ2) is 51.5. The highest BCUT2D eigenvalue weighted by molar-refractivity contribution is 7.45. The summed E-state index contributed by atoms with van der Waals surface area (Å²) in [6, 6.07) is -0.894. The lowest BCUT2D eigenvalue weighted by atomic mass is 10.0. The van der Waals surface area contributed by atoms with Gasteiger partial charge in [0, 0.05) is 12.8 Å². The zero-order valence-electron chi connectivity index (χ0n) is 47.4. The quantitative estimate of drug-likeness (QED) is 0.0212. The van der Waals surface area contributed by atoms with Crippen molar-refractivity contribution < 1.29 is 37.3 Å². The first-order valence-corrected chi connectivity index (χ1v) is 31.4. The summed E-state index contributed by atoms with van der Waals surface area (Å²) in [6.07, 6.45) is 62.2. The van der Waals surface area contributed by atoms with Gasteiger partial charge >= 0.3 is 5.97 Å². The van der Waals surface area contributed by atoms with Crippen LogP contribution in [-0.2, 0) is 27.9 Å². The zero-order valence-corrected chi connectivity index (χ0v) is 48.3. The fourth-order valence-corrected chi connectivity index (χ4v) is 9.38. The molecule has 0 radical (unpaired) electrons. The number of ether oxygens (including phenoxy) is 1. The lowest BCUT2D eigenvalue weighted by Crippen LogP contribution is -2.47. The molecule has 0 saturated heterocycles. The van der Waals surface area contributed by atoms with E-state index in [9.17, 15) is 19.0 Å². The number of phosphoric acid groups is 1. The van der Waals surface area contributed by atoms with Gasteiger partial charge in [0.25, 0.3) is 7.82 Å². The van der Waals surface area contributed by atoms with Gasteiger partial charge < -0.3 is 28.5 Å². The van der Waals surface area contributed by atoms with Crippen molar-refractivity contribution in [3.63, 3.8) is 0 Å². The summed E-state index contributed by atoms with van der Waals surface area (Å²) in [4.78, 5) is 39.9. The number of unbranched alkanes of at least 4 members (excludes halogenated alkanes) is 32. The van der Waals surface area contributed by atoms with E-state index in [1.165, 1.54) is 154 Å². The monoisotopic (exact) mass is 1020 g/mol. The van der Waals surface area contributed by atoms with Crippen molar-refractivity contribution in [3.8, 4) is 0 Å². The number of quaternary nitrogens is 1. The molecular formula is C61H115N2O7P. The molecule has 0 aromatic carbocycles. The normalized spacial score (nSPS) is 14.1. The SMILES string of the molecule is CC/C=C/C/C=C/C/C=C/CCCCCCC(=O)OC(/C=C/CCCCCCCCCCCC)C(COP(=O)([O-])OCC[N+](C)(C)C)NC(=O)CCCCCCCCCCCCCCCCCCCCC. The van der Waals surface area contributed by atoms with Crippen molar-refractivity contribution in [2.45, 2.75) is 290 Å². The summed E-state index contributed by atoms with van der Waals surface area (Å²) in [6.45, 7) is 6.73. The van der Waals surface area contributed by atoms with E-state index in [0.717, 1.165) is 83.5 Å². The van der Waals surface area contributed by atoms with Crippen LogP contribution in [0.15, 0.2) is 48.6 Å². The number of hydrogen-bond donors (Lipinski definition) is 1. The molecule has 1 amide bonds. The van der Waals surface area contributed by atoms with Crippen molar-refractivity contribution in [2.24, 2.45) is 0 Å². The van der Waals surface area contributed by atoms with Crippen LogP contribution in [0.1, 0.15) is 278 Å². The summed E-state index contributed by atoms with van der Waals surface area (Å²) in [5.74, 6) is -0.558. The molecule has 3 atom stereocenters. The molecule has 3 unspecified atom stereocenters. The average molecular weight is 1020 g/mol. The Morgan fingerprint density at radius 2 is 0.901 bits per heavy atom. The molecule has 416 valence electrons. The lowest BCUT2D eigenvalue weighted by molar-refractivity contribution is -0.870. The second-order valence-electron chi connectivity index (χ2n) is 21.5. The highest BCUT2D eigenvalue weighted by Crippen LogP contribution is 2.38. The van der Waals surface area contributed by atoms with Crippen LogP contribution in [0.3, 0.4) is 0 Å². The first-order valence-electron chi connectivity index (χ1n) is 29.9. The van der Waals surface area contributed by atoms with Gasteiger partial charge in [-0.2, -0.15) is 0 Å². The molecule has 0 aliphatic heterocycles. The minimum atomic E-state index is -4.70. The van der Waals surface area contributed by atoms with Gasteiger partial charge in [-0.1, -0.05) is 250 Å². The van der Waals surface area contributed by atoms with Crippen LogP contribution in [0.5, 0.6) is 0 Å². The fourth-order valence-electron chi connectivity index (χ4n) is 8.65. The maximum Gasteiger partial charge on any atom is 0.306 e. The first kappa shape index (κ1) is 69.0. The Kier molecular flexibility index (Phi) is 50.0. The van der Waals surface area contributed by atoms with E-state index in [2.05, 4.69) is 62.5 Å². The molecule has 0 aliphatic carbocycles. The predicted octanol–water partition coefficient (Wildman–Crippen LogP) is 17.5. The second-order valence-corrected chi connectivity index (χ2v) is 22.9. The van der Waals surface area contributed by atoms with E-state index < -0.39 is 26.6 Å². The summed E-state index contributed by atoms with van der Waals surface area (Å²) in [5, 5.41) is 3.02. The molecule has 0 aromatic heterocycles. The van der Waals surface area contributed by atoms with Gasteiger partial charge in [-0.3, -0.25) is 14.2 Å². The Labute approximate surface area is 439 Å². The molecule has 0 fully saturated rings. The Bertz CT molecular complexity index is 1360. The summed E-state index contributed by atoms with van der Waals surface area (Å²) in [5.41, 5.74) is 0. The molecule has 0 aliphatic rings. The fraction of sp³-hybridized carbons (Fsp3) is 0.836. The van der Waals surface area contributed by atoms with Gasteiger partial charge in [-0.05, 0) is 63.9 Å². The van der Waals surface area contributed by atoms with E-state index in [0.29, 0.717) is 23.9 Å². The van der Waals surface area contributed by atoms with Crippen LogP contribution in [0, 0.1) is 0 Å². The topological polar surface area (TPSA) is 114 Å². The number of allylic oxidation sites excluding steroid dienone is 7. The van der Waals surface area contributed by atoms with Gasteiger partial charge in [-0.15, -0.1) is 0 Å². The minimum Gasteiger partial charge on any atom is -0.756 e. The smallest absolute Gasteiger partial charge is 0.306 e. The van der Waals surface area contributed by atoms with Crippen LogP contribution >= 0.6 is 7.82 Å². The van der Waals surface area contributed by atoms with Gasteiger partial charge in [0.05, 0.1) is 33.8 Å². The number of likely N-dealkylation sites (N-methyl/N-ethyl adjacent to an activating group) is 1. The van der Waals surface area contributed by atoms with Crippen molar-refractivity contribution in [1.82, 2.24) is 5.32 Å². The average Bonchev–Trinajstić information content (AvgIpc) is 3.33. The Morgan fingerprint density at radius 1 is 0.507 bits per heavy atom. The van der Waals surface area contributed by atoms with E-state index >= 15 is 0 Å². The van der Waals surface area contributed by atoms with Gasteiger partial charge in [0.15, 0.2) is 0 Å². The highest BCUT2D eigenvalue weighted by Gasteiger charge is 2.27. The number of esters is 1. The Hall–Kier alpha value is -2.03. The number of nitrogens with one attached hydrogen (secondary N) is 1. The number of carbonyl (C=O) groups is 2. The molecule has 0 bridgehead atoms. The van der Waals surface area contributed by atoms with Crippen molar-refractivity contribution >= 4 is 19.7 Å². The summed E-state index contributed by atoms with van der Waals surface area (Å²) < 4.78 is 30.2. The van der Waals surface area contributed by atoms with Gasteiger partial charge in [0.2, 0.25) is 5.91 Å². The van der Waals surface area contributed by atoms with Crippen molar-refractivity contribution in [3.05, 3.63) is 48.6 Å². The number of amides is 1. The molecular weight excluding hydrogens is 904 g/mol. The van der Waals surface area contributed by atoms with E-state index in [1.54, 1.807) is 0 Å². The molecule has 0 aromatic rings. The number of carbonyl (C=O) groups excluding carboxylic acids is 2. The first-order chi connectivity index (χ1) is 34.4. The zero-order chi connectivity index (χ0) is 52.2. The third kappa shape index (κ3) is 52.6. The maximum absolute atomic E-state index is 13.5. The van der Waals surface area contributed by atoms with Crippen LogP contribution in [0.25, 0.3) is 0 Å². The highest BCUT2D eigenvalue weighted by atomic mass is 31.2. The molecule has 10 heteroatoms. The number of nitrogens with zero attached hydrogens (tertiary/aromatic N) is 1. The number of phosphoric ester groups is 1. The van der Waals surface area contributed by atoms with Crippen LogP contribution in [0.4, 0.5) is 0 Å². The minimum absolute atomic E-state index is 0.0251. The largest absolute Gasteiger partial charge is 0.756 e. The summed E-state index contributed by atoms with van der Waals surface area (Å²) >= 11 is 0. The van der Waals surface area contributed by atoms with Crippen LogP contribution in [0.2, 0.25) is 0 Å². The van der Waals surface area contributed by atoms with E-state index in [4.69, 9.17) is 13.8 Å². The number of hydrogen-bond acceptors (Lipinski definition) is 7. The van der Waals surface area contributed by atoms with E-state index in [1.807, 2.05) is 33.3 Å². The number of rotatable bonds is 54. The predicted molar refractivity (Wildman–Crippen MR) is 302 cm³/mol. The van der Waals surface area contributed by atoms with E-state index in [-0.39, 0.29) is 24.9 Å². The Morgan fingerprint density at radius 3 is 1.35 bits per heavy atom. The van der Waals surface area contributed by atoms with Gasteiger partial charge in [0.1, 0.15) is 19.3 Å². The molecule has 1 N–H and O–H groups in total. The Balaban J connectivity index is 5.27.